The molecule has 1 aromatic heterocycles. The van der Waals surface area contributed by atoms with Crippen molar-refractivity contribution in [2.75, 3.05) is 11.1 Å². The number of aromatic nitrogens is 1. The number of amides is 2. The molecular weight excluding hydrogens is 550 g/mol. The Hall–Kier alpha value is -4.02. The largest absolute Gasteiger partial charge is 0.392 e. The van der Waals surface area contributed by atoms with Crippen LogP contribution in [0.2, 0.25) is 0 Å². The normalized spacial score (nSPS) is 18.3. The molecule has 2 amide bonds. The van der Waals surface area contributed by atoms with Crippen LogP contribution in [0.4, 0.5) is 5.69 Å². The third-order valence-corrected chi connectivity index (χ3v) is 8.00. The van der Waals surface area contributed by atoms with E-state index in [9.17, 15) is 14.7 Å². The number of aliphatic hydroxyl groups is 1. The summed E-state index contributed by atoms with van der Waals surface area (Å²) < 4.78 is 12.9. The molecule has 3 aromatic carbocycles. The Kier molecular flexibility index (Phi) is 9.99. The predicted molar refractivity (Wildman–Crippen MR) is 162 cm³/mol. The number of ether oxygens (including phenoxy) is 2. The molecule has 0 saturated carbocycles. The van der Waals surface area contributed by atoms with Gasteiger partial charge in [-0.25, -0.2) is 0 Å². The van der Waals surface area contributed by atoms with Crippen molar-refractivity contribution in [3.05, 3.63) is 125 Å². The molecule has 2 heterocycles. The number of carbonyl (C=O) groups excluding carboxylic acids is 2. The third kappa shape index (κ3) is 8.04. The zero-order chi connectivity index (χ0) is 29.3. The number of aliphatic hydroxyl groups excluding tert-OH is 1. The molecule has 1 fully saturated rings. The van der Waals surface area contributed by atoms with Gasteiger partial charge in [-0.1, -0.05) is 48.5 Å². The molecule has 4 aromatic rings. The lowest BCUT2D eigenvalue weighted by Crippen LogP contribution is -2.31. The molecule has 3 atom stereocenters. The molecule has 0 aliphatic carbocycles. The highest BCUT2D eigenvalue weighted by Crippen LogP contribution is 2.39. The van der Waals surface area contributed by atoms with Gasteiger partial charge in [0.2, 0.25) is 5.91 Å². The van der Waals surface area contributed by atoms with Gasteiger partial charge in [-0.3, -0.25) is 14.6 Å². The van der Waals surface area contributed by atoms with Gasteiger partial charge in [-0.15, -0.1) is 11.8 Å². The molecule has 0 unspecified atom stereocenters. The van der Waals surface area contributed by atoms with E-state index < -0.39 is 6.29 Å². The zero-order valence-electron chi connectivity index (χ0n) is 23.2. The van der Waals surface area contributed by atoms with Crippen LogP contribution in [-0.2, 0) is 27.4 Å². The summed E-state index contributed by atoms with van der Waals surface area (Å²) in [4.78, 5) is 28.8. The van der Waals surface area contributed by atoms with Crippen LogP contribution >= 0.6 is 11.8 Å². The molecule has 1 aliphatic heterocycles. The number of rotatable bonds is 10. The maximum atomic E-state index is 12.4. The Balaban J connectivity index is 1.26. The van der Waals surface area contributed by atoms with Crippen molar-refractivity contribution in [3.8, 4) is 0 Å². The topological polar surface area (TPSA) is 110 Å². The summed E-state index contributed by atoms with van der Waals surface area (Å²) in [6.07, 6.45) is 3.04. The van der Waals surface area contributed by atoms with Gasteiger partial charge in [0.25, 0.3) is 5.91 Å². The highest BCUT2D eigenvalue weighted by molar-refractivity contribution is 7.99. The molecule has 216 valence electrons. The van der Waals surface area contributed by atoms with Gasteiger partial charge in [0.05, 0.1) is 24.4 Å². The summed E-state index contributed by atoms with van der Waals surface area (Å²) in [5.74, 6) is 0.451. The number of thioether (sulfide) groups is 1. The van der Waals surface area contributed by atoms with Gasteiger partial charge in [0.15, 0.2) is 6.29 Å². The van der Waals surface area contributed by atoms with Crippen LogP contribution in [-0.4, -0.2) is 33.8 Å². The lowest BCUT2D eigenvalue weighted by Gasteiger charge is -2.36. The van der Waals surface area contributed by atoms with E-state index in [1.54, 1.807) is 36.3 Å². The lowest BCUT2D eigenvalue weighted by atomic mass is 10.0. The fourth-order valence-corrected chi connectivity index (χ4v) is 5.55. The molecule has 0 bridgehead atoms. The van der Waals surface area contributed by atoms with E-state index in [2.05, 4.69) is 15.6 Å². The summed E-state index contributed by atoms with van der Waals surface area (Å²) in [6, 6.07) is 26.9. The number of nitrogens with one attached hydrogen (secondary N) is 2. The molecule has 42 heavy (non-hydrogen) atoms. The first-order chi connectivity index (χ1) is 20.5. The molecule has 9 heteroatoms. The predicted octanol–water partition coefficient (Wildman–Crippen LogP) is 5.80. The minimum atomic E-state index is -0.562. The van der Waals surface area contributed by atoms with Crippen molar-refractivity contribution in [3.63, 3.8) is 0 Å². The Labute approximate surface area is 249 Å². The van der Waals surface area contributed by atoms with E-state index in [0.717, 1.165) is 38.6 Å². The zero-order valence-corrected chi connectivity index (χ0v) is 24.1. The van der Waals surface area contributed by atoms with E-state index in [0.29, 0.717) is 18.5 Å². The lowest BCUT2D eigenvalue weighted by molar-refractivity contribution is -0.245. The number of hydrogen-bond acceptors (Lipinski definition) is 7. The van der Waals surface area contributed by atoms with Crippen molar-refractivity contribution in [2.24, 2.45) is 0 Å². The van der Waals surface area contributed by atoms with Crippen LogP contribution in [0, 0.1) is 0 Å². The van der Waals surface area contributed by atoms with E-state index in [4.69, 9.17) is 9.47 Å². The van der Waals surface area contributed by atoms with Crippen LogP contribution in [0.25, 0.3) is 0 Å². The van der Waals surface area contributed by atoms with Crippen molar-refractivity contribution >= 4 is 29.3 Å². The van der Waals surface area contributed by atoms with E-state index in [1.807, 2.05) is 72.8 Å². The number of benzene rings is 3. The Bertz CT molecular complexity index is 1460. The van der Waals surface area contributed by atoms with Gasteiger partial charge in [0, 0.05) is 54.2 Å². The first-order valence-electron chi connectivity index (χ1n) is 13.7. The van der Waals surface area contributed by atoms with Crippen molar-refractivity contribution < 1.29 is 24.2 Å². The first kappa shape index (κ1) is 29.5. The van der Waals surface area contributed by atoms with Crippen molar-refractivity contribution in [1.82, 2.24) is 10.3 Å². The summed E-state index contributed by atoms with van der Waals surface area (Å²) in [5, 5.41) is 15.2. The SMILES string of the molecule is CC(=O)Nc1ccc(SC[C@H]2C[C@@H](c3ccc(CO)cc3)O[C@@H](c3ccc(CNC(=O)c4cccnc4)cc3)O2)cc1. The molecule has 1 aliphatic rings. The average molecular weight is 584 g/mol. The van der Waals surface area contributed by atoms with Gasteiger partial charge in [-0.2, -0.15) is 0 Å². The van der Waals surface area contributed by atoms with Crippen molar-refractivity contribution in [1.29, 1.82) is 0 Å². The average Bonchev–Trinajstić information content (AvgIpc) is 3.03. The minimum Gasteiger partial charge on any atom is -0.392 e. The minimum absolute atomic E-state index is 0.00737. The van der Waals surface area contributed by atoms with Crippen molar-refractivity contribution in [2.45, 2.75) is 49.9 Å². The third-order valence-electron chi connectivity index (χ3n) is 6.85. The van der Waals surface area contributed by atoms with Gasteiger partial charge in [0.1, 0.15) is 0 Å². The molecular formula is C33H33N3O5S. The molecule has 8 nitrogen and oxygen atoms in total. The highest BCUT2D eigenvalue weighted by Gasteiger charge is 2.32. The summed E-state index contributed by atoms with van der Waals surface area (Å²) in [5.41, 5.74) is 5.01. The molecule has 0 spiro atoms. The Morgan fingerprint density at radius 1 is 0.929 bits per heavy atom. The number of anilines is 1. The maximum absolute atomic E-state index is 12.4. The van der Waals surface area contributed by atoms with Gasteiger partial charge < -0.3 is 25.2 Å². The van der Waals surface area contributed by atoms with Gasteiger partial charge >= 0.3 is 0 Å². The first-order valence-corrected chi connectivity index (χ1v) is 14.7. The summed E-state index contributed by atoms with van der Waals surface area (Å²) in [7, 11) is 0. The standard InChI is InChI=1S/C33H33N3O5S/c1-22(38)36-28-12-14-30(15-13-28)42-21-29-17-31(25-8-6-24(20-37)7-9-25)41-33(40-29)26-10-4-23(5-11-26)18-35-32(39)27-3-2-16-34-19-27/h2-16,19,29,31,33,37H,17-18,20-21H2,1H3,(H,35,39)(H,36,38)/t29-,31+,33+/m1/s1. The monoisotopic (exact) mass is 583 g/mol. The fourth-order valence-electron chi connectivity index (χ4n) is 4.62. The maximum Gasteiger partial charge on any atom is 0.253 e. The number of carbonyl (C=O) groups is 2. The smallest absolute Gasteiger partial charge is 0.253 e. The van der Waals surface area contributed by atoms with E-state index in [-0.39, 0.29) is 30.6 Å². The van der Waals surface area contributed by atoms with E-state index in [1.165, 1.54) is 6.92 Å². The Morgan fingerprint density at radius 3 is 2.31 bits per heavy atom. The highest BCUT2D eigenvalue weighted by atomic mass is 32.2. The van der Waals surface area contributed by atoms with Crippen LogP contribution in [0.15, 0.2) is 102 Å². The fraction of sp³-hybridized carbons (Fsp3) is 0.242. The van der Waals surface area contributed by atoms with Crippen LogP contribution in [0.3, 0.4) is 0 Å². The second-order valence-corrected chi connectivity index (χ2v) is 11.1. The Morgan fingerprint density at radius 2 is 1.64 bits per heavy atom. The molecule has 0 radical (unpaired) electrons. The van der Waals surface area contributed by atoms with Crippen LogP contribution < -0.4 is 10.6 Å². The summed E-state index contributed by atoms with van der Waals surface area (Å²) in [6.45, 7) is 1.87. The quantitative estimate of drug-likeness (QED) is 0.203. The molecule has 1 saturated heterocycles. The number of nitrogens with zero attached hydrogens (tertiary/aromatic N) is 1. The van der Waals surface area contributed by atoms with E-state index >= 15 is 0 Å². The van der Waals surface area contributed by atoms with Gasteiger partial charge in [-0.05, 0) is 53.1 Å². The second-order valence-electron chi connectivity index (χ2n) is 10.0. The molecule has 3 N–H and O–H groups in total. The number of hydrogen-bond donors (Lipinski definition) is 3. The molecule has 5 rings (SSSR count). The number of pyridine rings is 1. The van der Waals surface area contributed by atoms with Crippen LogP contribution in [0.5, 0.6) is 0 Å². The summed E-state index contributed by atoms with van der Waals surface area (Å²) >= 11 is 1.69. The second kappa shape index (κ2) is 14.2. The van der Waals surface area contributed by atoms with Crippen LogP contribution in [0.1, 0.15) is 58.4 Å².